The van der Waals surface area contributed by atoms with E-state index in [0.29, 0.717) is 12.1 Å². The smallest absolute Gasteiger partial charge is 0.317 e. The Bertz CT molecular complexity index is 838. The second kappa shape index (κ2) is 9.23. The molecule has 2 aromatic carbocycles. The Morgan fingerprint density at radius 3 is 2.43 bits per heavy atom. The molecule has 0 aliphatic heterocycles. The SMILES string of the molecule is CN(Cc1ccc(C#N)cc1)C(=O)NC(COc1ccccc1F)C(C)(C)C. The van der Waals surface area contributed by atoms with Crippen molar-refractivity contribution in [3.8, 4) is 11.8 Å². The summed E-state index contributed by atoms with van der Waals surface area (Å²) >= 11 is 0. The molecular formula is C22H26FN3O2. The first-order valence-corrected chi connectivity index (χ1v) is 9.08. The van der Waals surface area contributed by atoms with E-state index in [2.05, 4.69) is 11.4 Å². The van der Waals surface area contributed by atoms with E-state index < -0.39 is 5.82 Å². The highest BCUT2D eigenvalue weighted by Gasteiger charge is 2.28. The van der Waals surface area contributed by atoms with Crippen LogP contribution in [0.3, 0.4) is 0 Å². The van der Waals surface area contributed by atoms with Gasteiger partial charge in [-0.3, -0.25) is 0 Å². The van der Waals surface area contributed by atoms with Crippen LogP contribution in [0.1, 0.15) is 31.9 Å². The fraction of sp³-hybridized carbons (Fsp3) is 0.364. The van der Waals surface area contributed by atoms with E-state index in [9.17, 15) is 9.18 Å². The topological polar surface area (TPSA) is 65.4 Å². The third-order valence-electron chi connectivity index (χ3n) is 4.43. The number of para-hydroxylation sites is 1. The molecule has 1 unspecified atom stereocenters. The molecule has 0 aromatic heterocycles. The zero-order chi connectivity index (χ0) is 20.7. The molecule has 2 aromatic rings. The van der Waals surface area contributed by atoms with Gasteiger partial charge in [0.05, 0.1) is 17.7 Å². The molecule has 2 amide bonds. The van der Waals surface area contributed by atoms with Gasteiger partial charge in [-0.25, -0.2) is 9.18 Å². The maximum Gasteiger partial charge on any atom is 0.317 e. The standard InChI is InChI=1S/C22H26FN3O2/c1-22(2,3)20(15-28-19-8-6-5-7-18(19)23)25-21(27)26(4)14-17-11-9-16(13-24)10-12-17/h5-12,20H,14-15H2,1-4H3,(H,25,27). The van der Waals surface area contributed by atoms with E-state index in [1.165, 1.54) is 6.07 Å². The van der Waals surface area contributed by atoms with Crippen molar-refractivity contribution in [1.82, 2.24) is 10.2 Å². The Labute approximate surface area is 165 Å². The zero-order valence-electron chi connectivity index (χ0n) is 16.7. The number of carbonyl (C=O) groups excluding carboxylic acids is 1. The predicted octanol–water partition coefficient (Wildman–Crippen LogP) is 4.33. The molecule has 0 aliphatic carbocycles. The molecule has 1 atom stereocenters. The van der Waals surface area contributed by atoms with Gasteiger partial charge in [0.15, 0.2) is 11.6 Å². The summed E-state index contributed by atoms with van der Waals surface area (Å²) in [4.78, 5) is 14.2. The average Bonchev–Trinajstić information content (AvgIpc) is 2.65. The van der Waals surface area contributed by atoms with Gasteiger partial charge in [-0.05, 0) is 35.2 Å². The lowest BCUT2D eigenvalue weighted by molar-refractivity contribution is 0.153. The number of nitriles is 1. The number of carbonyl (C=O) groups is 1. The number of halogens is 1. The fourth-order valence-corrected chi connectivity index (χ4v) is 2.53. The lowest BCUT2D eigenvalue weighted by Crippen LogP contribution is -2.51. The summed E-state index contributed by atoms with van der Waals surface area (Å²) in [5.41, 5.74) is 1.22. The van der Waals surface area contributed by atoms with Gasteiger partial charge in [-0.2, -0.15) is 5.26 Å². The number of hydrogen-bond donors (Lipinski definition) is 1. The molecule has 0 radical (unpaired) electrons. The van der Waals surface area contributed by atoms with Crippen molar-refractivity contribution in [3.05, 3.63) is 65.5 Å². The summed E-state index contributed by atoms with van der Waals surface area (Å²) in [6.07, 6.45) is 0. The number of amides is 2. The van der Waals surface area contributed by atoms with Gasteiger partial charge in [-0.15, -0.1) is 0 Å². The van der Waals surface area contributed by atoms with Gasteiger partial charge in [-0.1, -0.05) is 45.0 Å². The van der Waals surface area contributed by atoms with Gasteiger partial charge in [0.2, 0.25) is 0 Å². The van der Waals surface area contributed by atoms with Crippen molar-refractivity contribution in [1.29, 1.82) is 5.26 Å². The first-order chi connectivity index (χ1) is 13.2. The number of nitrogens with zero attached hydrogens (tertiary/aromatic N) is 2. The van der Waals surface area contributed by atoms with Crippen molar-refractivity contribution in [2.24, 2.45) is 5.41 Å². The molecule has 0 aliphatic rings. The molecule has 0 bridgehead atoms. The summed E-state index contributed by atoms with van der Waals surface area (Å²) in [5.74, 6) is -0.267. The lowest BCUT2D eigenvalue weighted by Gasteiger charge is -2.33. The molecule has 28 heavy (non-hydrogen) atoms. The van der Waals surface area contributed by atoms with Crippen molar-refractivity contribution >= 4 is 6.03 Å². The molecule has 1 N–H and O–H groups in total. The lowest BCUT2D eigenvalue weighted by atomic mass is 9.87. The number of rotatable bonds is 6. The van der Waals surface area contributed by atoms with Gasteiger partial charge >= 0.3 is 6.03 Å². The minimum atomic E-state index is -0.431. The highest BCUT2D eigenvalue weighted by molar-refractivity contribution is 5.74. The van der Waals surface area contributed by atoms with Crippen molar-refractivity contribution in [2.45, 2.75) is 33.4 Å². The number of hydrogen-bond acceptors (Lipinski definition) is 3. The van der Waals surface area contributed by atoms with Crippen LogP contribution in [0.5, 0.6) is 5.75 Å². The van der Waals surface area contributed by atoms with Crippen LogP contribution in [-0.2, 0) is 6.54 Å². The van der Waals surface area contributed by atoms with Crippen LogP contribution in [0.25, 0.3) is 0 Å². The fourth-order valence-electron chi connectivity index (χ4n) is 2.53. The Balaban J connectivity index is 1.99. The average molecular weight is 383 g/mol. The first kappa shape index (κ1) is 21.2. The van der Waals surface area contributed by atoms with Crippen LogP contribution in [0.4, 0.5) is 9.18 Å². The van der Waals surface area contributed by atoms with E-state index >= 15 is 0 Å². The second-order valence-electron chi connectivity index (χ2n) is 7.77. The molecule has 0 spiro atoms. The maximum atomic E-state index is 13.8. The molecule has 0 saturated heterocycles. The third-order valence-corrected chi connectivity index (χ3v) is 4.43. The highest BCUT2D eigenvalue weighted by Crippen LogP contribution is 2.22. The summed E-state index contributed by atoms with van der Waals surface area (Å²) in [6, 6.07) is 14.8. The number of ether oxygens (including phenoxy) is 1. The number of nitrogens with one attached hydrogen (secondary N) is 1. The van der Waals surface area contributed by atoms with E-state index in [0.717, 1.165) is 5.56 Å². The molecule has 0 saturated carbocycles. The largest absolute Gasteiger partial charge is 0.488 e. The minimum Gasteiger partial charge on any atom is -0.488 e. The molecule has 5 nitrogen and oxygen atoms in total. The van der Waals surface area contributed by atoms with Crippen LogP contribution in [-0.4, -0.2) is 30.6 Å². The quantitative estimate of drug-likeness (QED) is 0.807. The Kier molecular flexibility index (Phi) is 7.00. The Morgan fingerprint density at radius 2 is 1.86 bits per heavy atom. The summed E-state index contributed by atoms with van der Waals surface area (Å²) < 4.78 is 19.4. The van der Waals surface area contributed by atoms with E-state index in [1.54, 1.807) is 42.3 Å². The van der Waals surface area contributed by atoms with E-state index in [-0.39, 0.29) is 29.8 Å². The van der Waals surface area contributed by atoms with Gasteiger partial charge in [0, 0.05) is 13.6 Å². The van der Waals surface area contributed by atoms with Gasteiger partial charge in [0.25, 0.3) is 0 Å². The number of benzene rings is 2. The molecule has 148 valence electrons. The summed E-state index contributed by atoms with van der Waals surface area (Å²) in [5, 5.41) is 11.8. The highest BCUT2D eigenvalue weighted by atomic mass is 19.1. The predicted molar refractivity (Wildman–Crippen MR) is 106 cm³/mol. The first-order valence-electron chi connectivity index (χ1n) is 9.08. The van der Waals surface area contributed by atoms with Gasteiger partial charge < -0.3 is 15.0 Å². The van der Waals surface area contributed by atoms with Crippen LogP contribution in [0.15, 0.2) is 48.5 Å². The summed E-state index contributed by atoms with van der Waals surface area (Å²) in [7, 11) is 1.70. The zero-order valence-corrected chi connectivity index (χ0v) is 16.7. The third kappa shape index (κ3) is 5.98. The maximum absolute atomic E-state index is 13.8. The van der Waals surface area contributed by atoms with Crippen molar-refractivity contribution < 1.29 is 13.9 Å². The molecular weight excluding hydrogens is 357 g/mol. The molecule has 0 heterocycles. The Morgan fingerprint density at radius 1 is 1.21 bits per heavy atom. The van der Waals surface area contributed by atoms with Crippen LogP contribution in [0.2, 0.25) is 0 Å². The van der Waals surface area contributed by atoms with Crippen LogP contribution in [0, 0.1) is 22.6 Å². The normalized spacial score (nSPS) is 12.0. The van der Waals surface area contributed by atoms with E-state index in [4.69, 9.17) is 10.00 Å². The van der Waals surface area contributed by atoms with Gasteiger partial charge in [0.1, 0.15) is 6.61 Å². The minimum absolute atomic E-state index is 0.154. The molecule has 6 heteroatoms. The van der Waals surface area contributed by atoms with Crippen molar-refractivity contribution in [2.75, 3.05) is 13.7 Å². The number of urea groups is 1. The van der Waals surface area contributed by atoms with Crippen molar-refractivity contribution in [3.63, 3.8) is 0 Å². The second-order valence-corrected chi connectivity index (χ2v) is 7.77. The van der Waals surface area contributed by atoms with Crippen LogP contribution >= 0.6 is 0 Å². The van der Waals surface area contributed by atoms with E-state index in [1.807, 2.05) is 32.9 Å². The monoisotopic (exact) mass is 383 g/mol. The molecule has 0 fully saturated rings. The Hall–Kier alpha value is -3.07. The van der Waals surface area contributed by atoms with Crippen LogP contribution < -0.4 is 10.1 Å². The molecule has 2 rings (SSSR count). The summed E-state index contributed by atoms with van der Waals surface area (Å²) in [6.45, 7) is 6.53.